The molecule has 2 rings (SSSR count). The molecule has 0 nitrogen and oxygen atoms in total. The van der Waals surface area contributed by atoms with E-state index in [-0.39, 0.29) is 1.43 Å². The fraction of sp³-hybridized carbons (Fsp3) is 0.308. The van der Waals surface area contributed by atoms with Gasteiger partial charge in [0.05, 0.1) is 0 Å². The third-order valence-corrected chi connectivity index (χ3v) is 1.17. The Hall–Kier alpha value is -0.287. The average Bonchev–Trinajstić information content (AvgIpc) is 2.83. The summed E-state index contributed by atoms with van der Waals surface area (Å²) in [7, 11) is 0. The molecule has 0 unspecified atom stereocenters. The van der Waals surface area contributed by atoms with Crippen molar-refractivity contribution in [3.8, 4) is 0 Å². The summed E-state index contributed by atoms with van der Waals surface area (Å²) in [5.41, 5.74) is 0. The van der Waals surface area contributed by atoms with Gasteiger partial charge in [-0.25, -0.2) is 24.3 Å². The second-order valence-electron chi connectivity index (χ2n) is 3.01. The minimum atomic E-state index is 0. The predicted molar refractivity (Wildman–Crippen MR) is 60.6 cm³/mol. The van der Waals surface area contributed by atoms with Crippen molar-refractivity contribution < 1.29 is 25.7 Å². The summed E-state index contributed by atoms with van der Waals surface area (Å²) < 4.78 is 1.51. The Balaban J connectivity index is 0. The van der Waals surface area contributed by atoms with Crippen LogP contribution >= 0.6 is 0 Å². The van der Waals surface area contributed by atoms with Gasteiger partial charge in [0, 0.05) is 0 Å². The summed E-state index contributed by atoms with van der Waals surface area (Å²) in [5, 5.41) is 0. The molecule has 0 radical (unpaired) electrons. The van der Waals surface area contributed by atoms with Crippen LogP contribution in [-0.2, 0) is 24.2 Å². The van der Waals surface area contributed by atoms with Crippen molar-refractivity contribution in [2.24, 2.45) is 0 Å². The van der Waals surface area contributed by atoms with Crippen LogP contribution in [0.25, 0.3) is 0 Å². The zero-order valence-electron chi connectivity index (χ0n) is 9.88. The largest absolute Gasteiger partial charge is 1.00 e. The fourth-order valence-corrected chi connectivity index (χ4v) is 0.680. The molecule has 0 amide bonds. The van der Waals surface area contributed by atoms with Gasteiger partial charge in [0.25, 0.3) is 0 Å². The standard InChI is InChI=1S/2C5H5.C3H6.Zr.H/c2*1-2-4-5-3-1;1-3-2;;/h2*1-3H,4H2;1-2H3;;/q2*-1;;+2;-1. The molecule has 0 heterocycles. The number of hydrogen-bond acceptors (Lipinski definition) is 0. The first-order valence-electron chi connectivity index (χ1n) is 4.68. The van der Waals surface area contributed by atoms with E-state index in [9.17, 15) is 0 Å². The second kappa shape index (κ2) is 10.8. The van der Waals surface area contributed by atoms with Crippen molar-refractivity contribution in [2.45, 2.75) is 26.7 Å². The van der Waals surface area contributed by atoms with Gasteiger partial charge in [0.1, 0.15) is 0 Å². The Morgan fingerprint density at radius 1 is 1.07 bits per heavy atom. The van der Waals surface area contributed by atoms with Crippen LogP contribution in [0.2, 0.25) is 0 Å². The minimum absolute atomic E-state index is 0. The van der Waals surface area contributed by atoms with Gasteiger partial charge in [-0.1, -0.05) is 0 Å². The number of rotatable bonds is 0. The normalized spacial score (nSPS) is 14.6. The molecule has 0 saturated carbocycles. The van der Waals surface area contributed by atoms with Gasteiger partial charge in [0.15, 0.2) is 0 Å². The van der Waals surface area contributed by atoms with Crippen molar-refractivity contribution in [1.82, 2.24) is 0 Å². The molecule has 0 aromatic rings. The molecule has 2 aliphatic rings. The third-order valence-electron chi connectivity index (χ3n) is 1.17. The quantitative estimate of drug-likeness (QED) is 0.588. The maximum Gasteiger partial charge on any atom is -0.109 e. The van der Waals surface area contributed by atoms with E-state index < -0.39 is 0 Å². The molecular weight excluding hydrogens is 247 g/mol. The first-order valence-corrected chi connectivity index (χ1v) is 5.91. The minimum Gasteiger partial charge on any atom is -1.00 e. The molecule has 0 spiro atoms. The van der Waals surface area contributed by atoms with Crippen molar-refractivity contribution >= 4 is 3.21 Å². The summed E-state index contributed by atoms with van der Waals surface area (Å²) in [6.45, 7) is 4.25. The molecule has 0 aliphatic heterocycles. The molecule has 0 bridgehead atoms. The van der Waals surface area contributed by atoms with Crippen molar-refractivity contribution in [3.05, 3.63) is 48.6 Å². The van der Waals surface area contributed by atoms with Gasteiger partial charge in [-0.2, -0.15) is 12.2 Å². The van der Waals surface area contributed by atoms with Crippen LogP contribution in [0.1, 0.15) is 28.1 Å². The smallest absolute Gasteiger partial charge is 0.109 e. The SMILES string of the molecule is C[C](C)=[Zr+2].[C-]1=CC=CC1.[C-]1=CC=CC1.[H-]. The Kier molecular flexibility index (Phi) is 10.6. The van der Waals surface area contributed by atoms with Crippen molar-refractivity contribution in [1.29, 1.82) is 0 Å². The van der Waals surface area contributed by atoms with Gasteiger partial charge in [-0.3, -0.25) is 12.2 Å². The van der Waals surface area contributed by atoms with Crippen LogP contribution in [0.15, 0.2) is 36.5 Å². The molecule has 0 saturated heterocycles. The summed E-state index contributed by atoms with van der Waals surface area (Å²) in [6.07, 6.45) is 20.0. The molecule has 1 heteroatoms. The average molecular weight is 265 g/mol. The van der Waals surface area contributed by atoms with E-state index in [1.54, 1.807) is 24.2 Å². The molecule has 0 aromatic carbocycles. The Morgan fingerprint density at radius 3 is 1.50 bits per heavy atom. The monoisotopic (exact) mass is 263 g/mol. The Morgan fingerprint density at radius 2 is 1.43 bits per heavy atom. The van der Waals surface area contributed by atoms with Crippen LogP contribution in [-0.4, -0.2) is 3.21 Å². The van der Waals surface area contributed by atoms with E-state index >= 15 is 0 Å². The van der Waals surface area contributed by atoms with Crippen molar-refractivity contribution in [3.63, 3.8) is 0 Å². The van der Waals surface area contributed by atoms with E-state index in [4.69, 9.17) is 0 Å². The summed E-state index contributed by atoms with van der Waals surface area (Å²) >= 11 is 1.55. The molecule has 14 heavy (non-hydrogen) atoms. The zero-order valence-corrected chi connectivity index (χ0v) is 11.3. The first kappa shape index (κ1) is 13.7. The Labute approximate surface area is 104 Å². The molecular formula is C13H17Zr-. The fourth-order valence-electron chi connectivity index (χ4n) is 0.680. The zero-order chi connectivity index (χ0) is 10.6. The topological polar surface area (TPSA) is 0 Å². The van der Waals surface area contributed by atoms with Gasteiger partial charge in [0.2, 0.25) is 0 Å². The molecule has 0 N–H and O–H groups in total. The number of hydrogen-bond donors (Lipinski definition) is 0. The summed E-state index contributed by atoms with van der Waals surface area (Å²) in [6, 6.07) is 0. The third kappa shape index (κ3) is 14.2. The van der Waals surface area contributed by atoms with Crippen molar-refractivity contribution in [2.75, 3.05) is 0 Å². The van der Waals surface area contributed by atoms with Crippen LogP contribution < -0.4 is 0 Å². The van der Waals surface area contributed by atoms with E-state index in [1.165, 1.54) is 3.21 Å². The molecule has 0 aromatic heterocycles. The second-order valence-corrected chi connectivity index (χ2v) is 5.46. The van der Waals surface area contributed by atoms with Crippen LogP contribution in [0.4, 0.5) is 0 Å². The van der Waals surface area contributed by atoms with Gasteiger partial charge in [-0.15, -0.1) is 12.8 Å². The van der Waals surface area contributed by atoms with Crippen LogP contribution in [0.5, 0.6) is 0 Å². The van der Waals surface area contributed by atoms with E-state index in [0.29, 0.717) is 0 Å². The summed E-state index contributed by atoms with van der Waals surface area (Å²) in [5.74, 6) is 0. The van der Waals surface area contributed by atoms with E-state index in [0.717, 1.165) is 12.8 Å². The van der Waals surface area contributed by atoms with Gasteiger partial charge >= 0.3 is 41.3 Å². The van der Waals surface area contributed by atoms with E-state index in [1.807, 2.05) is 24.3 Å². The Bertz CT molecular complexity index is 214. The first-order chi connectivity index (χ1) is 6.73. The maximum atomic E-state index is 2.99. The predicted octanol–water partition coefficient (Wildman–Crippen LogP) is 3.47. The number of allylic oxidation sites excluding steroid dienone is 8. The molecule has 0 fully saturated rings. The molecule has 74 valence electrons. The van der Waals surface area contributed by atoms with Gasteiger partial charge in [-0.05, 0) is 0 Å². The van der Waals surface area contributed by atoms with Gasteiger partial charge < -0.3 is 1.43 Å². The van der Waals surface area contributed by atoms with Crippen LogP contribution in [0.3, 0.4) is 0 Å². The maximum absolute atomic E-state index is 2.99. The summed E-state index contributed by atoms with van der Waals surface area (Å²) in [4.78, 5) is 0. The van der Waals surface area contributed by atoms with E-state index in [2.05, 4.69) is 38.2 Å². The molecule has 2 aliphatic carbocycles. The molecule has 0 atom stereocenters. The van der Waals surface area contributed by atoms with Crippen LogP contribution in [0, 0.1) is 12.2 Å².